The van der Waals surface area contributed by atoms with Crippen molar-refractivity contribution >= 4 is 5.91 Å². The van der Waals surface area contributed by atoms with Crippen molar-refractivity contribution in [2.24, 2.45) is 11.8 Å². The summed E-state index contributed by atoms with van der Waals surface area (Å²) >= 11 is 0. The molecule has 0 aliphatic rings. The Bertz CT molecular complexity index is 415. The van der Waals surface area contributed by atoms with Gasteiger partial charge in [-0.05, 0) is 25.3 Å². The van der Waals surface area contributed by atoms with Crippen LogP contribution in [0.25, 0.3) is 0 Å². The van der Waals surface area contributed by atoms with E-state index in [0.29, 0.717) is 18.3 Å². The first-order chi connectivity index (χ1) is 9.62. The minimum Gasteiger partial charge on any atom is -0.453 e. The Balaban J connectivity index is 2.43. The molecule has 1 aromatic heterocycles. The molecule has 1 unspecified atom stereocenters. The third-order valence-electron chi connectivity index (χ3n) is 3.45. The maximum Gasteiger partial charge on any atom is 0.301 e. The molecule has 0 saturated carbocycles. The zero-order valence-corrected chi connectivity index (χ0v) is 12.7. The van der Waals surface area contributed by atoms with E-state index in [-0.39, 0.29) is 5.76 Å². The van der Waals surface area contributed by atoms with E-state index in [2.05, 4.69) is 19.3 Å². The second-order valence-corrected chi connectivity index (χ2v) is 5.13. The van der Waals surface area contributed by atoms with Crippen LogP contribution in [-0.2, 0) is 11.3 Å². The molecule has 0 saturated heterocycles. The van der Waals surface area contributed by atoms with Crippen LogP contribution in [0.1, 0.15) is 61.4 Å². The number of aryl methyl sites for hydroxylation is 1. The van der Waals surface area contributed by atoms with E-state index in [4.69, 9.17) is 15.0 Å². The first kappa shape index (κ1) is 16.7. The summed E-state index contributed by atoms with van der Waals surface area (Å²) < 4.78 is 11.1. The molecule has 5 heteroatoms. The average molecular weight is 282 g/mol. The predicted octanol–water partition coefficient (Wildman–Crippen LogP) is 2.92. The second-order valence-electron chi connectivity index (χ2n) is 5.13. The highest BCUT2D eigenvalue weighted by molar-refractivity contribution is 5.92. The summed E-state index contributed by atoms with van der Waals surface area (Å²) in [5.74, 6) is 6.19. The molecule has 0 spiro atoms. The number of rotatable bonds is 9. The molecular weight excluding hydrogens is 256 g/mol. The summed E-state index contributed by atoms with van der Waals surface area (Å²) in [7, 11) is 0. The number of carbonyl (C=O) groups is 1. The summed E-state index contributed by atoms with van der Waals surface area (Å²) in [6.45, 7) is 7.32. The number of nitrogens with two attached hydrogens (primary N) is 1. The summed E-state index contributed by atoms with van der Waals surface area (Å²) in [6, 6.07) is 1.82. The molecule has 1 atom stereocenters. The molecule has 0 bridgehead atoms. The first-order valence-electron chi connectivity index (χ1n) is 7.30. The number of ether oxygens (including phenoxy) is 1. The van der Waals surface area contributed by atoms with Gasteiger partial charge in [-0.25, -0.2) is 5.84 Å². The van der Waals surface area contributed by atoms with Crippen LogP contribution in [0.4, 0.5) is 0 Å². The minimum atomic E-state index is -0.414. The predicted molar refractivity (Wildman–Crippen MR) is 78.1 cm³/mol. The third-order valence-corrected chi connectivity index (χ3v) is 3.45. The van der Waals surface area contributed by atoms with Gasteiger partial charge in [0.05, 0.1) is 0 Å². The van der Waals surface area contributed by atoms with Crippen molar-refractivity contribution in [2.45, 2.75) is 53.1 Å². The molecule has 0 aliphatic heterocycles. The lowest BCUT2D eigenvalue weighted by molar-refractivity contribution is 0.0692. The Labute approximate surface area is 120 Å². The number of nitrogen functional groups attached to an aromatic ring is 1. The molecule has 1 rings (SSSR count). The van der Waals surface area contributed by atoms with E-state index >= 15 is 0 Å². The van der Waals surface area contributed by atoms with Gasteiger partial charge in [0.25, 0.3) is 0 Å². The molecule has 1 amide bonds. The fourth-order valence-electron chi connectivity index (χ4n) is 2.13. The van der Waals surface area contributed by atoms with E-state index in [1.165, 1.54) is 19.3 Å². The van der Waals surface area contributed by atoms with E-state index < -0.39 is 5.91 Å². The smallest absolute Gasteiger partial charge is 0.301 e. The minimum absolute atomic E-state index is 0.254. The Morgan fingerprint density at radius 3 is 2.85 bits per heavy atom. The molecule has 5 nitrogen and oxygen atoms in total. The van der Waals surface area contributed by atoms with Crippen molar-refractivity contribution in [1.82, 2.24) is 5.43 Å². The van der Waals surface area contributed by atoms with Crippen LogP contribution in [0.5, 0.6) is 0 Å². The van der Waals surface area contributed by atoms with E-state index in [1.807, 2.05) is 13.0 Å². The summed E-state index contributed by atoms with van der Waals surface area (Å²) in [4.78, 5) is 11.4. The van der Waals surface area contributed by atoms with Gasteiger partial charge in [0.15, 0.2) is 5.76 Å². The van der Waals surface area contributed by atoms with Gasteiger partial charge in [-0.15, -0.1) is 0 Å². The van der Waals surface area contributed by atoms with Crippen LogP contribution < -0.4 is 11.3 Å². The maximum absolute atomic E-state index is 11.4. The summed E-state index contributed by atoms with van der Waals surface area (Å²) in [5.41, 5.74) is 2.84. The third kappa shape index (κ3) is 4.98. The number of unbranched alkanes of at least 4 members (excludes halogenated alkanes) is 1. The number of nitrogens with one attached hydrogen (secondary N) is 1. The van der Waals surface area contributed by atoms with E-state index in [1.54, 1.807) is 0 Å². The Hall–Kier alpha value is -1.33. The number of hydrogen-bond acceptors (Lipinski definition) is 4. The number of carbonyl (C=O) groups excluding carboxylic acids is 1. The van der Waals surface area contributed by atoms with Gasteiger partial charge in [0.1, 0.15) is 12.4 Å². The quantitative estimate of drug-likeness (QED) is 0.415. The average Bonchev–Trinajstić information content (AvgIpc) is 2.82. The van der Waals surface area contributed by atoms with Gasteiger partial charge in [-0.3, -0.25) is 10.2 Å². The van der Waals surface area contributed by atoms with Crippen molar-refractivity contribution in [3.8, 4) is 0 Å². The second kappa shape index (κ2) is 8.76. The van der Waals surface area contributed by atoms with Crippen LogP contribution in [0.15, 0.2) is 10.5 Å². The van der Waals surface area contributed by atoms with Crippen LogP contribution in [-0.4, -0.2) is 12.5 Å². The van der Waals surface area contributed by atoms with Crippen molar-refractivity contribution in [1.29, 1.82) is 0 Å². The highest BCUT2D eigenvalue weighted by Gasteiger charge is 2.15. The first-order valence-corrected chi connectivity index (χ1v) is 7.30. The lowest BCUT2D eigenvalue weighted by atomic mass is 10.0. The van der Waals surface area contributed by atoms with Crippen LogP contribution in [0.2, 0.25) is 0 Å². The lowest BCUT2D eigenvalue weighted by Gasteiger charge is -2.13. The lowest BCUT2D eigenvalue weighted by Crippen LogP contribution is -2.30. The fourth-order valence-corrected chi connectivity index (χ4v) is 2.13. The van der Waals surface area contributed by atoms with Gasteiger partial charge in [-0.2, -0.15) is 0 Å². The normalized spacial score (nSPS) is 12.4. The van der Waals surface area contributed by atoms with Gasteiger partial charge in [-0.1, -0.05) is 33.1 Å². The largest absolute Gasteiger partial charge is 0.453 e. The SMILES string of the molecule is CCCCC(CC)COCc1cc(C)c(C(=O)NN)o1. The molecule has 1 aromatic rings. The highest BCUT2D eigenvalue weighted by atomic mass is 16.5. The zero-order valence-electron chi connectivity index (χ0n) is 12.7. The van der Waals surface area contributed by atoms with Crippen LogP contribution in [0, 0.1) is 12.8 Å². The number of amides is 1. The van der Waals surface area contributed by atoms with E-state index in [9.17, 15) is 4.79 Å². The molecule has 0 radical (unpaired) electrons. The molecule has 3 N–H and O–H groups in total. The van der Waals surface area contributed by atoms with Crippen molar-refractivity contribution in [3.63, 3.8) is 0 Å². The van der Waals surface area contributed by atoms with Gasteiger partial charge < -0.3 is 9.15 Å². The monoisotopic (exact) mass is 282 g/mol. The van der Waals surface area contributed by atoms with Crippen LogP contribution >= 0.6 is 0 Å². The number of furan rings is 1. The Kier molecular flexibility index (Phi) is 7.33. The standard InChI is InChI=1S/C15H26N2O3/c1-4-6-7-12(5-2)9-19-10-13-8-11(3)14(20-13)15(18)17-16/h8,12H,4-7,9-10,16H2,1-3H3,(H,17,18). The molecule has 114 valence electrons. The van der Waals surface area contributed by atoms with Gasteiger partial charge in [0, 0.05) is 12.2 Å². The molecule has 20 heavy (non-hydrogen) atoms. The Morgan fingerprint density at radius 2 is 2.25 bits per heavy atom. The maximum atomic E-state index is 11.4. The molecule has 0 fully saturated rings. The molecule has 0 aromatic carbocycles. The highest BCUT2D eigenvalue weighted by Crippen LogP contribution is 2.17. The Morgan fingerprint density at radius 1 is 1.50 bits per heavy atom. The zero-order chi connectivity index (χ0) is 15.0. The summed E-state index contributed by atoms with van der Waals surface area (Å²) in [6.07, 6.45) is 4.77. The van der Waals surface area contributed by atoms with Crippen molar-refractivity contribution < 1.29 is 13.9 Å². The van der Waals surface area contributed by atoms with Crippen molar-refractivity contribution in [3.05, 3.63) is 23.2 Å². The van der Waals surface area contributed by atoms with E-state index in [0.717, 1.165) is 18.6 Å². The van der Waals surface area contributed by atoms with Crippen molar-refractivity contribution in [2.75, 3.05) is 6.61 Å². The van der Waals surface area contributed by atoms with Gasteiger partial charge in [0.2, 0.25) is 0 Å². The molecular formula is C15H26N2O3. The summed E-state index contributed by atoms with van der Waals surface area (Å²) in [5, 5.41) is 0. The number of hydrogen-bond donors (Lipinski definition) is 2. The topological polar surface area (TPSA) is 77.5 Å². The number of hydrazine groups is 1. The molecule has 0 aliphatic carbocycles. The fraction of sp³-hybridized carbons (Fsp3) is 0.667. The molecule has 1 heterocycles. The van der Waals surface area contributed by atoms with Crippen LogP contribution in [0.3, 0.4) is 0 Å². The van der Waals surface area contributed by atoms with Gasteiger partial charge >= 0.3 is 5.91 Å².